The zero-order valence-electron chi connectivity index (χ0n) is 16.2. The molecule has 1 aromatic heterocycles. The van der Waals surface area contributed by atoms with Gasteiger partial charge in [0, 0.05) is 28.4 Å². The van der Waals surface area contributed by atoms with Gasteiger partial charge in [0.2, 0.25) is 0 Å². The lowest BCUT2D eigenvalue weighted by atomic mass is 10.1. The van der Waals surface area contributed by atoms with Crippen molar-refractivity contribution in [1.82, 2.24) is 4.98 Å². The van der Waals surface area contributed by atoms with Crippen LogP contribution in [0.1, 0.15) is 9.67 Å². The first-order chi connectivity index (χ1) is 15.4. The lowest BCUT2D eigenvalue weighted by Crippen LogP contribution is -2.11. The number of thiazole rings is 1. The third kappa shape index (κ3) is 4.88. The number of nitrogens with one attached hydrogen (secondary N) is 2. The summed E-state index contributed by atoms with van der Waals surface area (Å²) in [6.45, 7) is 0. The summed E-state index contributed by atoms with van der Waals surface area (Å²) in [4.78, 5) is 28.5. The van der Waals surface area contributed by atoms with Crippen LogP contribution in [0.5, 0.6) is 0 Å². The Balaban J connectivity index is 1.72. The minimum atomic E-state index is -0.484. The largest absolute Gasteiger partial charge is 0.332 e. The number of benzene rings is 3. The highest BCUT2D eigenvalue weighted by atomic mass is 35.5. The van der Waals surface area contributed by atoms with Crippen LogP contribution in [0.3, 0.4) is 0 Å². The first-order valence-corrected chi connectivity index (χ1v) is 10.8. The molecule has 10 heteroatoms. The average molecular weight is 485 g/mol. The van der Waals surface area contributed by atoms with Gasteiger partial charge < -0.3 is 10.6 Å². The Morgan fingerprint density at radius 3 is 2.41 bits per heavy atom. The second kappa shape index (κ2) is 9.35. The molecule has 0 saturated carbocycles. The molecular weight excluding hydrogens is 471 g/mol. The topological polar surface area (TPSA) is 97.2 Å². The summed E-state index contributed by atoms with van der Waals surface area (Å²) < 4.78 is 0. The van der Waals surface area contributed by atoms with E-state index in [-0.39, 0.29) is 5.69 Å². The van der Waals surface area contributed by atoms with Crippen LogP contribution < -0.4 is 10.6 Å². The van der Waals surface area contributed by atoms with E-state index in [9.17, 15) is 14.9 Å². The maximum atomic E-state index is 13.1. The molecule has 32 heavy (non-hydrogen) atoms. The summed E-state index contributed by atoms with van der Waals surface area (Å²) in [5.41, 5.74) is 2.07. The molecule has 1 amide bonds. The van der Waals surface area contributed by atoms with Gasteiger partial charge in [-0.05, 0) is 42.5 Å². The van der Waals surface area contributed by atoms with E-state index in [4.69, 9.17) is 23.2 Å². The predicted octanol–water partition coefficient (Wildman–Crippen LogP) is 7.02. The second-order valence-electron chi connectivity index (χ2n) is 6.57. The maximum Gasteiger partial charge on any atom is 0.269 e. The highest BCUT2D eigenvalue weighted by molar-refractivity contribution is 7.18. The lowest BCUT2D eigenvalue weighted by Gasteiger charge is -2.07. The molecule has 3 aromatic carbocycles. The number of halogens is 2. The van der Waals surface area contributed by atoms with Crippen molar-refractivity contribution in [2.75, 3.05) is 10.6 Å². The molecule has 1 heterocycles. The summed E-state index contributed by atoms with van der Waals surface area (Å²) in [6.07, 6.45) is 0. The quantitative estimate of drug-likeness (QED) is 0.226. The molecule has 160 valence electrons. The third-order valence-corrected chi connectivity index (χ3v) is 5.92. The van der Waals surface area contributed by atoms with Crippen molar-refractivity contribution >= 4 is 62.6 Å². The molecule has 0 fully saturated rings. The monoisotopic (exact) mass is 484 g/mol. The van der Waals surface area contributed by atoms with Crippen molar-refractivity contribution in [3.8, 4) is 11.3 Å². The number of nitro benzene ring substituents is 1. The third-order valence-electron chi connectivity index (χ3n) is 4.39. The van der Waals surface area contributed by atoms with Crippen LogP contribution in [0.4, 0.5) is 22.2 Å². The molecule has 0 aliphatic heterocycles. The smallest absolute Gasteiger partial charge is 0.269 e. The highest BCUT2D eigenvalue weighted by Crippen LogP contribution is 2.35. The number of aromatic nitrogens is 1. The molecule has 2 N–H and O–H groups in total. The molecule has 0 unspecified atom stereocenters. The summed E-state index contributed by atoms with van der Waals surface area (Å²) in [5, 5.41) is 18.2. The van der Waals surface area contributed by atoms with Gasteiger partial charge in [0.05, 0.1) is 21.3 Å². The number of carbonyl (C=O) groups excluding carboxylic acids is 1. The number of para-hydroxylation sites is 1. The molecule has 4 rings (SSSR count). The maximum absolute atomic E-state index is 13.1. The van der Waals surface area contributed by atoms with Gasteiger partial charge in [-0.1, -0.05) is 52.7 Å². The number of carbonyl (C=O) groups is 1. The first kappa shape index (κ1) is 21.8. The van der Waals surface area contributed by atoms with Crippen molar-refractivity contribution in [2.45, 2.75) is 0 Å². The van der Waals surface area contributed by atoms with Crippen molar-refractivity contribution in [3.63, 3.8) is 0 Å². The van der Waals surface area contributed by atoms with Crippen LogP contribution in [0.2, 0.25) is 10.0 Å². The molecule has 7 nitrogen and oxygen atoms in total. The number of hydrogen-bond donors (Lipinski definition) is 2. The number of nitrogens with zero attached hydrogens (tertiary/aromatic N) is 2. The van der Waals surface area contributed by atoms with E-state index in [1.807, 2.05) is 30.3 Å². The molecule has 0 radical (unpaired) electrons. The molecule has 0 bridgehead atoms. The van der Waals surface area contributed by atoms with Gasteiger partial charge in [-0.25, -0.2) is 4.98 Å². The van der Waals surface area contributed by atoms with Crippen molar-refractivity contribution in [2.24, 2.45) is 0 Å². The van der Waals surface area contributed by atoms with Crippen LogP contribution in [0.25, 0.3) is 11.3 Å². The van der Waals surface area contributed by atoms with Gasteiger partial charge in [0.25, 0.3) is 11.6 Å². The van der Waals surface area contributed by atoms with E-state index in [1.165, 1.54) is 12.1 Å². The van der Waals surface area contributed by atoms with Gasteiger partial charge >= 0.3 is 0 Å². The fraction of sp³-hybridized carbons (Fsp3) is 0. The standard InChI is InChI=1S/C22H14Cl2N4O3S/c23-14-8-11-17(24)18(12-14)26-21(29)20-19(13-6-9-16(10-7-13)28(30)31)27-22(32-20)25-15-4-2-1-3-5-15/h1-12H,(H,25,27)(H,26,29). The molecular formula is C22H14Cl2N4O3S. The Morgan fingerprint density at radius 2 is 1.72 bits per heavy atom. The zero-order chi connectivity index (χ0) is 22.7. The minimum Gasteiger partial charge on any atom is -0.332 e. The number of hydrogen-bond acceptors (Lipinski definition) is 6. The van der Waals surface area contributed by atoms with Crippen LogP contribution in [-0.4, -0.2) is 15.8 Å². The molecule has 0 saturated heterocycles. The molecule has 0 atom stereocenters. The SMILES string of the molecule is O=C(Nc1cc(Cl)ccc1Cl)c1sc(Nc2ccccc2)nc1-c1ccc([N+](=O)[O-])cc1. The summed E-state index contributed by atoms with van der Waals surface area (Å²) >= 11 is 13.4. The summed E-state index contributed by atoms with van der Waals surface area (Å²) in [6, 6.07) is 20.0. The van der Waals surface area contributed by atoms with Crippen molar-refractivity contribution in [3.05, 3.63) is 97.8 Å². The van der Waals surface area contributed by atoms with Crippen LogP contribution in [0.15, 0.2) is 72.8 Å². The van der Waals surface area contributed by atoms with Crippen LogP contribution >= 0.6 is 34.5 Å². The van der Waals surface area contributed by atoms with Gasteiger partial charge in [-0.2, -0.15) is 0 Å². The Hall–Kier alpha value is -3.46. The zero-order valence-corrected chi connectivity index (χ0v) is 18.5. The van der Waals surface area contributed by atoms with E-state index in [0.717, 1.165) is 17.0 Å². The number of anilines is 3. The van der Waals surface area contributed by atoms with Gasteiger partial charge in [0.15, 0.2) is 5.13 Å². The van der Waals surface area contributed by atoms with E-state index in [1.54, 1.807) is 30.3 Å². The fourth-order valence-corrected chi connectivity index (χ4v) is 4.12. The Labute approximate surface area is 196 Å². The van der Waals surface area contributed by atoms with E-state index in [2.05, 4.69) is 15.6 Å². The number of rotatable bonds is 6. The van der Waals surface area contributed by atoms with E-state index in [0.29, 0.717) is 37.0 Å². The van der Waals surface area contributed by atoms with Crippen LogP contribution in [-0.2, 0) is 0 Å². The second-order valence-corrected chi connectivity index (χ2v) is 8.41. The van der Waals surface area contributed by atoms with Gasteiger partial charge in [0.1, 0.15) is 4.88 Å². The van der Waals surface area contributed by atoms with E-state index >= 15 is 0 Å². The molecule has 0 spiro atoms. The first-order valence-electron chi connectivity index (χ1n) is 9.25. The van der Waals surface area contributed by atoms with Crippen molar-refractivity contribution in [1.29, 1.82) is 0 Å². The van der Waals surface area contributed by atoms with Gasteiger partial charge in [-0.3, -0.25) is 14.9 Å². The van der Waals surface area contributed by atoms with Crippen molar-refractivity contribution < 1.29 is 9.72 Å². The summed E-state index contributed by atoms with van der Waals surface area (Å²) in [7, 11) is 0. The molecule has 4 aromatic rings. The molecule has 0 aliphatic rings. The number of non-ortho nitro benzene ring substituents is 1. The number of amides is 1. The highest BCUT2D eigenvalue weighted by Gasteiger charge is 2.21. The normalized spacial score (nSPS) is 10.6. The summed E-state index contributed by atoms with van der Waals surface area (Å²) in [5.74, 6) is -0.430. The lowest BCUT2D eigenvalue weighted by molar-refractivity contribution is -0.384. The fourth-order valence-electron chi connectivity index (χ4n) is 2.88. The van der Waals surface area contributed by atoms with E-state index < -0.39 is 10.8 Å². The minimum absolute atomic E-state index is 0.0525. The Morgan fingerprint density at radius 1 is 1.00 bits per heavy atom. The van der Waals surface area contributed by atoms with Crippen LogP contribution in [0, 0.1) is 10.1 Å². The number of nitro groups is 1. The average Bonchev–Trinajstić information content (AvgIpc) is 3.21. The Bertz CT molecular complexity index is 1290. The molecule has 0 aliphatic carbocycles. The predicted molar refractivity (Wildman–Crippen MR) is 128 cm³/mol. The van der Waals surface area contributed by atoms with Gasteiger partial charge in [-0.15, -0.1) is 0 Å². The Kier molecular flexibility index (Phi) is 6.36.